The van der Waals surface area contributed by atoms with E-state index in [9.17, 15) is 44.3 Å². The van der Waals surface area contributed by atoms with E-state index in [1.54, 1.807) is 0 Å². The molecular weight excluding hydrogens is 299 g/mol. The van der Waals surface area contributed by atoms with E-state index in [4.69, 9.17) is 0 Å². The molecule has 0 saturated heterocycles. The maximum Gasteiger partial charge on any atom is 0.472 e. The van der Waals surface area contributed by atoms with E-state index in [0.29, 0.717) is 0 Å². The SMILES string of the molecule is CC(=O)OC(F)(F)C(F)(F)C(F)(F)CCC(F)(F)F. The van der Waals surface area contributed by atoms with E-state index in [0.717, 1.165) is 0 Å². The standard InChI is InChI=1S/C8H7F9O2/c1-4(18)19-8(16,17)7(14,15)5(9,10)2-3-6(11,12)13/h2-3H2,1H3. The van der Waals surface area contributed by atoms with Gasteiger partial charge in [-0.05, 0) is 0 Å². The monoisotopic (exact) mass is 306 g/mol. The third kappa shape index (κ3) is 4.46. The number of hydrogen-bond donors (Lipinski definition) is 0. The smallest absolute Gasteiger partial charge is 0.396 e. The summed E-state index contributed by atoms with van der Waals surface area (Å²) in [7, 11) is 0. The Kier molecular flexibility index (Phi) is 4.77. The van der Waals surface area contributed by atoms with Crippen molar-refractivity contribution in [2.45, 2.75) is 43.9 Å². The normalized spacial score (nSPS) is 14.4. The van der Waals surface area contributed by atoms with Crippen molar-refractivity contribution in [1.82, 2.24) is 0 Å². The third-order valence-electron chi connectivity index (χ3n) is 1.82. The van der Waals surface area contributed by atoms with Crippen LogP contribution in [0.3, 0.4) is 0 Å². The van der Waals surface area contributed by atoms with Crippen molar-refractivity contribution in [1.29, 1.82) is 0 Å². The van der Waals surface area contributed by atoms with Crippen LogP contribution in [-0.2, 0) is 9.53 Å². The van der Waals surface area contributed by atoms with E-state index in [1.807, 2.05) is 0 Å². The minimum absolute atomic E-state index is 0.248. The zero-order valence-corrected chi connectivity index (χ0v) is 9.13. The summed E-state index contributed by atoms with van der Waals surface area (Å²) in [6.07, 6.45) is -16.1. The van der Waals surface area contributed by atoms with E-state index in [-0.39, 0.29) is 6.92 Å². The number of halogens is 9. The van der Waals surface area contributed by atoms with E-state index < -0.39 is 42.9 Å². The van der Waals surface area contributed by atoms with E-state index in [1.165, 1.54) is 0 Å². The molecule has 0 aromatic carbocycles. The van der Waals surface area contributed by atoms with Crippen molar-refractivity contribution in [3.63, 3.8) is 0 Å². The van der Waals surface area contributed by atoms with Gasteiger partial charge in [-0.2, -0.15) is 39.5 Å². The molecule has 0 heterocycles. The van der Waals surface area contributed by atoms with Crippen LogP contribution in [0.4, 0.5) is 39.5 Å². The molecule has 0 unspecified atom stereocenters. The molecule has 0 bridgehead atoms. The summed E-state index contributed by atoms with van der Waals surface area (Å²) in [5.74, 6) is -14.0. The molecule has 0 atom stereocenters. The fraction of sp³-hybridized carbons (Fsp3) is 0.875. The van der Waals surface area contributed by atoms with Crippen molar-refractivity contribution >= 4 is 5.97 Å². The molecule has 114 valence electrons. The van der Waals surface area contributed by atoms with Crippen molar-refractivity contribution in [2.75, 3.05) is 0 Å². The Bertz CT molecular complexity index is 334. The van der Waals surface area contributed by atoms with Gasteiger partial charge in [-0.25, -0.2) is 0 Å². The van der Waals surface area contributed by atoms with Gasteiger partial charge in [0.05, 0.1) is 0 Å². The maximum absolute atomic E-state index is 12.8. The Morgan fingerprint density at radius 3 is 1.63 bits per heavy atom. The van der Waals surface area contributed by atoms with Crippen LogP contribution in [0, 0.1) is 0 Å². The molecule has 0 aromatic rings. The second-order valence-electron chi connectivity index (χ2n) is 3.50. The summed E-state index contributed by atoms with van der Waals surface area (Å²) in [5.41, 5.74) is 0. The van der Waals surface area contributed by atoms with Crippen molar-refractivity contribution in [3.8, 4) is 0 Å². The molecule has 0 aliphatic carbocycles. The summed E-state index contributed by atoms with van der Waals surface area (Å²) in [4.78, 5) is 10.1. The van der Waals surface area contributed by atoms with Gasteiger partial charge in [0.15, 0.2) is 0 Å². The molecule has 2 nitrogen and oxygen atoms in total. The first-order chi connectivity index (χ1) is 8.12. The molecule has 0 fully saturated rings. The second kappa shape index (κ2) is 5.08. The molecule has 19 heavy (non-hydrogen) atoms. The van der Waals surface area contributed by atoms with Crippen molar-refractivity contribution in [2.24, 2.45) is 0 Å². The highest BCUT2D eigenvalue weighted by Crippen LogP contribution is 2.49. The lowest BCUT2D eigenvalue weighted by atomic mass is 10.1. The summed E-state index contributed by atoms with van der Waals surface area (Å²) < 4.78 is 114. The molecule has 0 spiro atoms. The lowest BCUT2D eigenvalue weighted by molar-refractivity contribution is -0.386. The van der Waals surface area contributed by atoms with Crippen LogP contribution < -0.4 is 0 Å². The van der Waals surface area contributed by atoms with Gasteiger partial charge in [-0.1, -0.05) is 0 Å². The maximum atomic E-state index is 12.8. The number of carbonyl (C=O) groups excluding carboxylic acids is 1. The predicted molar refractivity (Wildman–Crippen MR) is 41.9 cm³/mol. The van der Waals surface area contributed by atoms with Gasteiger partial charge in [0, 0.05) is 19.8 Å². The van der Waals surface area contributed by atoms with Gasteiger partial charge in [0.1, 0.15) is 0 Å². The summed E-state index contributed by atoms with van der Waals surface area (Å²) in [5, 5.41) is 0. The van der Waals surface area contributed by atoms with E-state index in [2.05, 4.69) is 4.74 Å². The van der Waals surface area contributed by atoms with Crippen LogP contribution in [0.5, 0.6) is 0 Å². The minimum Gasteiger partial charge on any atom is -0.396 e. The van der Waals surface area contributed by atoms with Crippen LogP contribution in [0.25, 0.3) is 0 Å². The molecule has 11 heteroatoms. The Labute approximate surface area is 100 Å². The highest BCUT2D eigenvalue weighted by molar-refractivity contribution is 5.66. The van der Waals surface area contributed by atoms with E-state index >= 15 is 0 Å². The number of alkyl halides is 9. The van der Waals surface area contributed by atoms with Crippen LogP contribution in [0.2, 0.25) is 0 Å². The average molecular weight is 306 g/mol. The first-order valence-corrected chi connectivity index (χ1v) is 4.52. The first kappa shape index (κ1) is 17.8. The minimum atomic E-state index is -6.27. The molecule has 0 radical (unpaired) electrons. The zero-order chi connectivity index (χ0) is 15.7. The van der Waals surface area contributed by atoms with Gasteiger partial charge in [-0.15, -0.1) is 0 Å². The number of hydrogen-bond acceptors (Lipinski definition) is 2. The zero-order valence-electron chi connectivity index (χ0n) is 9.13. The van der Waals surface area contributed by atoms with Gasteiger partial charge in [0.2, 0.25) is 0 Å². The molecule has 0 aliphatic rings. The lowest BCUT2D eigenvalue weighted by Gasteiger charge is -2.31. The van der Waals surface area contributed by atoms with Gasteiger partial charge in [0.25, 0.3) is 0 Å². The average Bonchev–Trinajstić information content (AvgIpc) is 2.11. The van der Waals surface area contributed by atoms with Crippen molar-refractivity contribution < 1.29 is 49.0 Å². The lowest BCUT2D eigenvalue weighted by Crippen LogP contribution is -2.56. The van der Waals surface area contributed by atoms with Crippen LogP contribution in [0.15, 0.2) is 0 Å². The van der Waals surface area contributed by atoms with Gasteiger partial charge < -0.3 is 4.74 Å². The molecule has 0 N–H and O–H groups in total. The molecular formula is C8H7F9O2. The van der Waals surface area contributed by atoms with Gasteiger partial charge >= 0.3 is 30.1 Å². The largest absolute Gasteiger partial charge is 0.472 e. The summed E-state index contributed by atoms with van der Waals surface area (Å²) >= 11 is 0. The summed E-state index contributed by atoms with van der Waals surface area (Å²) in [6.45, 7) is 0.248. The van der Waals surface area contributed by atoms with Gasteiger partial charge in [-0.3, -0.25) is 4.79 Å². The number of esters is 1. The Hall–Kier alpha value is -1.16. The quantitative estimate of drug-likeness (QED) is 0.571. The number of carbonyl (C=O) groups is 1. The van der Waals surface area contributed by atoms with Crippen LogP contribution in [0.1, 0.15) is 19.8 Å². The number of ether oxygens (including phenoxy) is 1. The fourth-order valence-electron chi connectivity index (χ4n) is 0.913. The molecule has 0 aromatic heterocycles. The highest BCUT2D eigenvalue weighted by atomic mass is 19.4. The molecule has 0 saturated carbocycles. The van der Waals surface area contributed by atoms with Crippen LogP contribution >= 0.6 is 0 Å². The highest BCUT2D eigenvalue weighted by Gasteiger charge is 2.74. The first-order valence-electron chi connectivity index (χ1n) is 4.52. The summed E-state index contributed by atoms with van der Waals surface area (Å²) in [6, 6.07) is 0. The fourth-order valence-corrected chi connectivity index (χ4v) is 0.913. The van der Waals surface area contributed by atoms with Crippen molar-refractivity contribution in [3.05, 3.63) is 0 Å². The Morgan fingerprint density at radius 1 is 0.895 bits per heavy atom. The Morgan fingerprint density at radius 2 is 1.32 bits per heavy atom. The molecule has 0 amide bonds. The van der Waals surface area contributed by atoms with Crippen LogP contribution in [-0.4, -0.2) is 30.1 Å². The molecule has 0 rings (SSSR count). The molecule has 0 aliphatic heterocycles. The Balaban J connectivity index is 5.09. The number of rotatable bonds is 5. The predicted octanol–water partition coefficient (Wildman–Crippen LogP) is 3.76. The third-order valence-corrected chi connectivity index (χ3v) is 1.82. The second-order valence-corrected chi connectivity index (χ2v) is 3.50. The topological polar surface area (TPSA) is 26.3 Å².